The van der Waals surface area contributed by atoms with Crippen molar-refractivity contribution in [2.45, 2.75) is 81.9 Å². The number of aryl methyl sites for hydroxylation is 1. The number of rotatable bonds is 5. The van der Waals surface area contributed by atoms with Crippen molar-refractivity contribution in [2.24, 2.45) is 0 Å². The quantitative estimate of drug-likeness (QED) is 0.867. The molecular weight excluding hydrogens is 326 g/mol. The topological polar surface area (TPSA) is 69.2 Å². The minimum atomic E-state index is -0.496. The molecule has 0 radical (unpaired) electrons. The van der Waals surface area contributed by atoms with Crippen molar-refractivity contribution in [3.63, 3.8) is 0 Å². The molecule has 4 fully saturated rings. The van der Waals surface area contributed by atoms with Crippen LogP contribution in [0, 0.1) is 0 Å². The fourth-order valence-electron chi connectivity index (χ4n) is 5.22. The van der Waals surface area contributed by atoms with Crippen molar-refractivity contribution >= 4 is 16.9 Å². The largest absolute Gasteiger partial charge is 0.390 e. The predicted molar refractivity (Wildman–Crippen MR) is 99.9 cm³/mol. The second-order valence-electron chi connectivity index (χ2n) is 8.57. The van der Waals surface area contributed by atoms with Gasteiger partial charge in [-0.25, -0.2) is 4.98 Å². The summed E-state index contributed by atoms with van der Waals surface area (Å²) < 4.78 is 0. The molecular formula is C21H27N3O2. The second-order valence-corrected chi connectivity index (χ2v) is 8.57. The van der Waals surface area contributed by atoms with E-state index >= 15 is 0 Å². The van der Waals surface area contributed by atoms with Crippen molar-refractivity contribution < 1.29 is 9.90 Å². The molecule has 4 heterocycles. The number of piperidine rings is 2. The van der Waals surface area contributed by atoms with E-state index in [1.165, 1.54) is 29.4 Å². The lowest BCUT2D eigenvalue weighted by Gasteiger charge is -2.58. The molecule has 26 heavy (non-hydrogen) atoms. The van der Waals surface area contributed by atoms with Crippen LogP contribution >= 0.6 is 0 Å². The normalized spacial score (nSPS) is 30.5. The van der Waals surface area contributed by atoms with Crippen LogP contribution in [-0.2, 0) is 11.2 Å². The van der Waals surface area contributed by atoms with Crippen molar-refractivity contribution in [2.75, 3.05) is 0 Å². The number of nitrogens with zero attached hydrogens (tertiary/aromatic N) is 2. The SMILES string of the molecule is CCC1CC2(O)CC(C2)N1C(=O)CCc1c[nH]c2nccc(C3CC3)c12. The van der Waals surface area contributed by atoms with Crippen molar-refractivity contribution in [1.29, 1.82) is 0 Å². The highest BCUT2D eigenvalue weighted by Crippen LogP contribution is 2.47. The maximum Gasteiger partial charge on any atom is 0.223 e. The van der Waals surface area contributed by atoms with Crippen LogP contribution in [0.1, 0.15) is 68.9 Å². The van der Waals surface area contributed by atoms with Crippen LogP contribution < -0.4 is 0 Å². The molecule has 1 amide bonds. The van der Waals surface area contributed by atoms with Gasteiger partial charge in [-0.2, -0.15) is 0 Å². The Bertz CT molecular complexity index is 848. The summed E-state index contributed by atoms with van der Waals surface area (Å²) in [6.07, 6.45) is 10.9. The summed E-state index contributed by atoms with van der Waals surface area (Å²) in [6.45, 7) is 2.12. The smallest absolute Gasteiger partial charge is 0.223 e. The Morgan fingerprint density at radius 2 is 2.19 bits per heavy atom. The number of nitrogens with one attached hydrogen (secondary N) is 1. The van der Waals surface area contributed by atoms with E-state index in [0.29, 0.717) is 12.3 Å². The standard InChI is InChI=1S/C21H27N3O2/c1-2-15-9-21(26)10-16(11-21)24(15)18(25)6-5-14-12-23-20-19(14)17(7-8-22-20)13-3-4-13/h7-8,12-13,15-16,26H,2-6,9-11H2,1H3,(H,22,23). The average Bonchev–Trinajstić information content (AvgIpc) is 3.38. The summed E-state index contributed by atoms with van der Waals surface area (Å²) in [5, 5.41) is 11.6. The Morgan fingerprint density at radius 1 is 1.38 bits per heavy atom. The van der Waals surface area contributed by atoms with Gasteiger partial charge in [0, 0.05) is 36.3 Å². The summed E-state index contributed by atoms with van der Waals surface area (Å²) >= 11 is 0. The molecule has 5 heteroatoms. The number of H-pyrrole nitrogens is 1. The maximum absolute atomic E-state index is 13.0. The number of pyridine rings is 1. The lowest BCUT2D eigenvalue weighted by atomic mass is 9.66. The molecule has 6 rings (SSSR count). The molecule has 5 nitrogen and oxygen atoms in total. The third kappa shape index (κ3) is 2.56. The summed E-state index contributed by atoms with van der Waals surface area (Å²) in [5.74, 6) is 0.916. The first-order valence-electron chi connectivity index (χ1n) is 10.1. The zero-order valence-electron chi connectivity index (χ0n) is 15.4. The third-order valence-electron chi connectivity index (χ3n) is 6.71. The Balaban J connectivity index is 1.33. The van der Waals surface area contributed by atoms with E-state index in [-0.39, 0.29) is 18.0 Å². The molecule has 2 aliphatic heterocycles. The minimum Gasteiger partial charge on any atom is -0.390 e. The lowest BCUT2D eigenvalue weighted by molar-refractivity contribution is -0.178. The van der Waals surface area contributed by atoms with Crippen LogP contribution in [-0.4, -0.2) is 43.6 Å². The summed E-state index contributed by atoms with van der Waals surface area (Å²) in [6, 6.07) is 2.59. The van der Waals surface area contributed by atoms with E-state index in [9.17, 15) is 9.90 Å². The van der Waals surface area contributed by atoms with Gasteiger partial charge in [0.1, 0.15) is 5.65 Å². The van der Waals surface area contributed by atoms with Crippen LogP contribution in [0.5, 0.6) is 0 Å². The predicted octanol–water partition coefficient (Wildman–Crippen LogP) is 3.28. The van der Waals surface area contributed by atoms with Gasteiger partial charge in [-0.3, -0.25) is 4.79 Å². The van der Waals surface area contributed by atoms with Crippen LogP contribution in [0.2, 0.25) is 0 Å². The number of aromatic nitrogens is 2. The van der Waals surface area contributed by atoms with Gasteiger partial charge in [-0.15, -0.1) is 0 Å². The maximum atomic E-state index is 13.0. The van der Waals surface area contributed by atoms with E-state index in [4.69, 9.17) is 0 Å². The Morgan fingerprint density at radius 3 is 2.92 bits per heavy atom. The molecule has 2 aliphatic carbocycles. The van der Waals surface area contributed by atoms with Crippen LogP contribution in [0.4, 0.5) is 0 Å². The van der Waals surface area contributed by atoms with Crippen molar-refractivity contribution in [1.82, 2.24) is 14.9 Å². The number of aromatic amines is 1. The highest BCUT2D eigenvalue weighted by Gasteiger charge is 2.54. The number of carbonyl (C=O) groups is 1. The van der Waals surface area contributed by atoms with Crippen molar-refractivity contribution in [3.8, 4) is 0 Å². The molecule has 2 N–H and O–H groups in total. The molecule has 138 valence electrons. The molecule has 0 spiro atoms. The fourth-order valence-corrected chi connectivity index (χ4v) is 5.22. The zero-order valence-corrected chi connectivity index (χ0v) is 15.4. The first-order chi connectivity index (χ1) is 12.6. The molecule has 2 saturated heterocycles. The van der Waals surface area contributed by atoms with Gasteiger partial charge in [0.25, 0.3) is 0 Å². The molecule has 1 atom stereocenters. The van der Waals surface area contributed by atoms with Crippen LogP contribution in [0.15, 0.2) is 18.5 Å². The van der Waals surface area contributed by atoms with E-state index in [1.807, 2.05) is 12.4 Å². The van der Waals surface area contributed by atoms with Gasteiger partial charge in [0.15, 0.2) is 0 Å². The molecule has 0 aromatic carbocycles. The minimum absolute atomic E-state index is 0.201. The first kappa shape index (κ1) is 16.3. The number of fused-ring (bicyclic) bond motifs is 3. The second kappa shape index (κ2) is 5.81. The molecule has 2 bridgehead atoms. The van der Waals surface area contributed by atoms with Crippen LogP contribution in [0.25, 0.3) is 11.0 Å². The highest BCUT2D eigenvalue weighted by molar-refractivity contribution is 5.85. The monoisotopic (exact) mass is 353 g/mol. The van der Waals surface area contributed by atoms with Crippen LogP contribution in [0.3, 0.4) is 0 Å². The summed E-state index contributed by atoms with van der Waals surface area (Å²) in [4.78, 5) is 22.8. The number of aliphatic hydroxyl groups is 1. The van der Waals surface area contributed by atoms with Gasteiger partial charge >= 0.3 is 0 Å². The number of hydrogen-bond donors (Lipinski definition) is 2. The fraction of sp³-hybridized carbons (Fsp3) is 0.619. The van der Waals surface area contributed by atoms with Gasteiger partial charge < -0.3 is 15.0 Å². The summed E-state index contributed by atoms with van der Waals surface area (Å²) in [7, 11) is 0. The Hall–Kier alpha value is -1.88. The van der Waals surface area contributed by atoms with E-state index in [0.717, 1.165) is 37.8 Å². The van der Waals surface area contributed by atoms with Gasteiger partial charge in [-0.05, 0) is 68.1 Å². The molecule has 4 aliphatic rings. The number of amides is 1. The average molecular weight is 353 g/mol. The molecule has 1 unspecified atom stereocenters. The molecule has 2 aromatic rings. The highest BCUT2D eigenvalue weighted by atomic mass is 16.3. The number of hydrogen-bond acceptors (Lipinski definition) is 3. The Labute approximate surface area is 153 Å². The summed E-state index contributed by atoms with van der Waals surface area (Å²) in [5.41, 5.74) is 3.07. The van der Waals surface area contributed by atoms with E-state index in [1.54, 1.807) is 0 Å². The lowest BCUT2D eigenvalue weighted by Crippen LogP contribution is -2.67. The molecule has 2 saturated carbocycles. The zero-order chi connectivity index (χ0) is 17.9. The van der Waals surface area contributed by atoms with Gasteiger partial charge in [-0.1, -0.05) is 6.92 Å². The van der Waals surface area contributed by atoms with Crippen molar-refractivity contribution in [3.05, 3.63) is 29.6 Å². The van der Waals surface area contributed by atoms with Gasteiger partial charge in [0.05, 0.1) is 5.60 Å². The van der Waals surface area contributed by atoms with Gasteiger partial charge in [0.2, 0.25) is 5.91 Å². The first-order valence-corrected chi connectivity index (χ1v) is 10.1. The molecule has 2 aromatic heterocycles. The Kier molecular flexibility index (Phi) is 3.64. The third-order valence-corrected chi connectivity index (χ3v) is 6.71. The van der Waals surface area contributed by atoms with E-state index in [2.05, 4.69) is 27.9 Å². The number of carbonyl (C=O) groups excluding carboxylic acids is 1. The van der Waals surface area contributed by atoms with E-state index < -0.39 is 5.60 Å².